The average Bonchev–Trinajstić information content (AvgIpc) is 3.46. The highest BCUT2D eigenvalue weighted by molar-refractivity contribution is 5.99. The number of hydrogen-bond acceptors (Lipinski definition) is 4. The highest BCUT2D eigenvalue weighted by Crippen LogP contribution is 2.38. The van der Waals surface area contributed by atoms with Crippen molar-refractivity contribution in [3.63, 3.8) is 0 Å². The van der Waals surface area contributed by atoms with Crippen molar-refractivity contribution < 1.29 is 14.3 Å². The molecule has 2 heterocycles. The van der Waals surface area contributed by atoms with Gasteiger partial charge in [-0.3, -0.25) is 4.79 Å². The maximum Gasteiger partial charge on any atom is 0.417 e. The van der Waals surface area contributed by atoms with Crippen molar-refractivity contribution in [2.24, 2.45) is 0 Å². The van der Waals surface area contributed by atoms with Crippen LogP contribution < -0.4 is 0 Å². The predicted molar refractivity (Wildman–Crippen MR) is 134 cm³/mol. The summed E-state index contributed by atoms with van der Waals surface area (Å²) in [7, 11) is 0. The lowest BCUT2D eigenvalue weighted by molar-refractivity contribution is -0.135. The number of rotatable bonds is 5. The van der Waals surface area contributed by atoms with Crippen LogP contribution in [0.4, 0.5) is 4.79 Å². The minimum Gasteiger partial charge on any atom is -0.439 e. The average molecular weight is 466 g/mol. The Morgan fingerprint density at radius 2 is 1.51 bits per heavy atom. The quantitative estimate of drug-likeness (QED) is 0.378. The van der Waals surface area contributed by atoms with Crippen LogP contribution in [0.1, 0.15) is 36.8 Å². The van der Waals surface area contributed by atoms with E-state index in [0.29, 0.717) is 0 Å². The number of carbonyl (C=O) groups excluding carboxylic acids is 2. The maximum atomic E-state index is 14.2. The fourth-order valence-electron chi connectivity index (χ4n) is 4.72. The van der Waals surface area contributed by atoms with Gasteiger partial charge >= 0.3 is 6.09 Å². The Bertz CT molecular complexity index is 1350. The molecule has 3 aromatic carbocycles. The summed E-state index contributed by atoms with van der Waals surface area (Å²) in [5, 5.41) is 0. The summed E-state index contributed by atoms with van der Waals surface area (Å²) in [6.45, 7) is 5.54. The summed E-state index contributed by atoms with van der Waals surface area (Å²) in [5.74, 6) is -0.363. The van der Waals surface area contributed by atoms with Gasteiger partial charge in [0.05, 0.1) is 18.1 Å². The largest absolute Gasteiger partial charge is 0.439 e. The molecule has 0 aliphatic carbocycles. The van der Waals surface area contributed by atoms with Gasteiger partial charge in [-0.25, -0.2) is 14.7 Å². The molecule has 0 saturated carbocycles. The van der Waals surface area contributed by atoms with Crippen LogP contribution in [0.2, 0.25) is 0 Å². The van der Waals surface area contributed by atoms with Crippen molar-refractivity contribution >= 4 is 12.0 Å². The van der Waals surface area contributed by atoms with Crippen molar-refractivity contribution in [3.05, 3.63) is 114 Å². The molecular formula is C29H27N3O3. The molecule has 0 radical (unpaired) electrons. The molecule has 6 heteroatoms. The highest BCUT2D eigenvalue weighted by atomic mass is 16.6. The van der Waals surface area contributed by atoms with E-state index in [1.165, 1.54) is 4.90 Å². The Balaban J connectivity index is 1.54. The van der Waals surface area contributed by atoms with Crippen molar-refractivity contribution in [1.29, 1.82) is 0 Å². The van der Waals surface area contributed by atoms with Gasteiger partial charge in [0.15, 0.2) is 0 Å². The second-order valence-corrected chi connectivity index (χ2v) is 9.07. The van der Waals surface area contributed by atoms with Crippen LogP contribution in [-0.2, 0) is 15.1 Å². The number of benzene rings is 3. The summed E-state index contributed by atoms with van der Waals surface area (Å²) < 4.78 is 7.46. The third-order valence-electron chi connectivity index (χ3n) is 6.82. The molecule has 176 valence electrons. The third-order valence-corrected chi connectivity index (χ3v) is 6.82. The van der Waals surface area contributed by atoms with Crippen LogP contribution in [0.25, 0.3) is 11.1 Å². The van der Waals surface area contributed by atoms with Crippen LogP contribution in [0.15, 0.2) is 97.5 Å². The fraction of sp³-hybridized carbons (Fsp3) is 0.207. The van der Waals surface area contributed by atoms with Gasteiger partial charge in [-0.15, -0.1) is 0 Å². The minimum absolute atomic E-state index is 0.363. The Hall–Kier alpha value is -4.19. The zero-order chi connectivity index (χ0) is 24.6. The molecule has 0 bridgehead atoms. The number of cyclic esters (lactones) is 1. The van der Waals surface area contributed by atoms with Gasteiger partial charge in [-0.1, -0.05) is 84.9 Å². The van der Waals surface area contributed by atoms with Gasteiger partial charge in [0.25, 0.3) is 5.91 Å². The van der Waals surface area contributed by atoms with E-state index >= 15 is 0 Å². The minimum atomic E-state index is -1.20. The molecule has 1 aliphatic rings. The zero-order valence-electron chi connectivity index (χ0n) is 20.0. The smallest absolute Gasteiger partial charge is 0.417 e. The Morgan fingerprint density at radius 3 is 2.11 bits per heavy atom. The topological polar surface area (TPSA) is 64.4 Å². The molecule has 1 fully saturated rings. The first-order chi connectivity index (χ1) is 16.9. The van der Waals surface area contributed by atoms with Crippen molar-refractivity contribution in [3.8, 4) is 11.1 Å². The van der Waals surface area contributed by atoms with Gasteiger partial charge in [0, 0.05) is 6.20 Å². The van der Waals surface area contributed by atoms with Gasteiger partial charge < -0.3 is 9.30 Å². The normalized spacial score (nSPS) is 19.3. The molecule has 3 atom stereocenters. The first kappa shape index (κ1) is 22.6. The Labute approximate surface area is 204 Å². The van der Waals surface area contributed by atoms with Crippen molar-refractivity contribution in [2.45, 2.75) is 38.5 Å². The lowest BCUT2D eigenvalue weighted by atomic mass is 9.88. The van der Waals surface area contributed by atoms with E-state index in [0.717, 1.165) is 27.9 Å². The van der Waals surface area contributed by atoms with Crippen molar-refractivity contribution in [2.75, 3.05) is 0 Å². The van der Waals surface area contributed by atoms with E-state index in [1.54, 1.807) is 10.9 Å². The summed E-state index contributed by atoms with van der Waals surface area (Å²) in [6.07, 6.45) is 2.30. The summed E-state index contributed by atoms with van der Waals surface area (Å²) in [5.41, 5.74) is 3.33. The van der Waals surface area contributed by atoms with E-state index in [9.17, 15) is 9.59 Å². The van der Waals surface area contributed by atoms with E-state index in [-0.39, 0.29) is 5.91 Å². The SMILES string of the molecule is Cc1cn(C(C)(C(=O)N2C(=O)OC(c3ccccc3)C2C)c2ccc(-c3ccccc3)cc2)cn1. The number of aromatic nitrogens is 2. The Kier molecular flexibility index (Phi) is 5.73. The highest BCUT2D eigenvalue weighted by Gasteiger charge is 2.50. The van der Waals surface area contributed by atoms with Crippen LogP contribution in [0.3, 0.4) is 0 Å². The molecule has 2 amide bonds. The first-order valence-electron chi connectivity index (χ1n) is 11.7. The fourth-order valence-corrected chi connectivity index (χ4v) is 4.72. The molecule has 35 heavy (non-hydrogen) atoms. The van der Waals surface area contributed by atoms with E-state index in [2.05, 4.69) is 4.98 Å². The number of amides is 2. The standard InChI is InChI=1S/C29H27N3O3/c1-20-18-31(19-30-20)29(3,25-16-14-23(15-17-25)22-10-6-4-7-11-22)27(33)32-21(2)26(35-28(32)34)24-12-8-5-9-13-24/h4-19,21,26H,1-3H3. The summed E-state index contributed by atoms with van der Waals surface area (Å²) in [4.78, 5) is 32.8. The number of imidazole rings is 1. The maximum absolute atomic E-state index is 14.2. The molecule has 0 spiro atoms. The second-order valence-electron chi connectivity index (χ2n) is 9.07. The van der Waals surface area contributed by atoms with E-state index in [4.69, 9.17) is 4.74 Å². The molecule has 1 aromatic heterocycles. The van der Waals surface area contributed by atoms with Crippen molar-refractivity contribution in [1.82, 2.24) is 14.5 Å². The second kappa shape index (κ2) is 8.87. The van der Waals surface area contributed by atoms with Crippen LogP contribution in [0.5, 0.6) is 0 Å². The number of aryl methyl sites for hydroxylation is 1. The van der Waals surface area contributed by atoms with Gasteiger partial charge in [-0.05, 0) is 43.0 Å². The van der Waals surface area contributed by atoms with Gasteiger partial charge in [0.1, 0.15) is 11.6 Å². The lowest BCUT2D eigenvalue weighted by Crippen LogP contribution is -2.52. The number of hydrogen-bond donors (Lipinski definition) is 0. The molecule has 0 N–H and O–H groups in total. The number of carbonyl (C=O) groups is 2. The molecule has 4 aromatic rings. The predicted octanol–water partition coefficient (Wildman–Crippen LogP) is 5.73. The molecule has 1 saturated heterocycles. The van der Waals surface area contributed by atoms with E-state index < -0.39 is 23.8 Å². The number of ether oxygens (including phenoxy) is 1. The molecular weight excluding hydrogens is 438 g/mol. The first-order valence-corrected chi connectivity index (χ1v) is 11.7. The zero-order valence-corrected chi connectivity index (χ0v) is 20.0. The molecule has 5 rings (SSSR count). The summed E-state index contributed by atoms with van der Waals surface area (Å²) in [6, 6.07) is 27.0. The van der Waals surface area contributed by atoms with E-state index in [1.807, 2.05) is 112 Å². The molecule has 3 unspecified atom stereocenters. The van der Waals surface area contributed by atoms with Crippen LogP contribution in [-0.4, -0.2) is 32.5 Å². The van der Waals surface area contributed by atoms with Gasteiger partial charge in [0.2, 0.25) is 0 Å². The lowest BCUT2D eigenvalue weighted by Gasteiger charge is -2.34. The number of nitrogens with zero attached hydrogens (tertiary/aromatic N) is 3. The Morgan fingerprint density at radius 1 is 0.914 bits per heavy atom. The summed E-state index contributed by atoms with van der Waals surface area (Å²) >= 11 is 0. The monoisotopic (exact) mass is 465 g/mol. The molecule has 6 nitrogen and oxygen atoms in total. The third kappa shape index (κ3) is 3.91. The molecule has 1 aliphatic heterocycles. The van der Waals surface area contributed by atoms with Crippen LogP contribution >= 0.6 is 0 Å². The van der Waals surface area contributed by atoms with Crippen LogP contribution in [0, 0.1) is 6.92 Å². The van der Waals surface area contributed by atoms with Gasteiger partial charge in [-0.2, -0.15) is 0 Å². The number of imide groups is 1.